The zero-order valence-electron chi connectivity index (χ0n) is 26.2. The van der Waals surface area contributed by atoms with Crippen molar-refractivity contribution in [3.63, 3.8) is 0 Å². The number of aromatic nitrogens is 2. The van der Waals surface area contributed by atoms with Crippen molar-refractivity contribution in [3.05, 3.63) is 51.3 Å². The number of carbonyl (C=O) groups is 2. The highest BCUT2D eigenvalue weighted by Gasteiger charge is 2.49. The number of amides is 2. The molecule has 1 spiro atoms. The molecule has 3 aliphatic heterocycles. The quantitative estimate of drug-likeness (QED) is 0.212. The monoisotopic (exact) mass is 727 g/mol. The zero-order chi connectivity index (χ0) is 35.8. The molecular formula is C31H31F6N7O3S2. The molecule has 49 heavy (non-hydrogen) atoms. The highest BCUT2D eigenvalue weighted by atomic mass is 32.2. The summed E-state index contributed by atoms with van der Waals surface area (Å²) in [5, 5.41) is 9.08. The van der Waals surface area contributed by atoms with Crippen LogP contribution in [0.2, 0.25) is 0 Å². The lowest BCUT2D eigenvalue weighted by Crippen LogP contribution is -2.61. The zero-order valence-corrected chi connectivity index (χ0v) is 27.9. The molecule has 1 aromatic carbocycles. The molecule has 5 heterocycles. The van der Waals surface area contributed by atoms with Crippen LogP contribution < -0.4 is 16.3 Å². The Hall–Kier alpha value is -3.90. The number of piperazine rings is 1. The van der Waals surface area contributed by atoms with Crippen molar-refractivity contribution >= 4 is 57.8 Å². The number of halogens is 6. The maximum Gasteiger partial charge on any atom is 0.417 e. The van der Waals surface area contributed by atoms with Crippen LogP contribution in [0.5, 0.6) is 0 Å². The Bertz CT molecular complexity index is 1940. The van der Waals surface area contributed by atoms with E-state index in [0.717, 1.165) is 35.4 Å². The van der Waals surface area contributed by atoms with Gasteiger partial charge in [0, 0.05) is 93.9 Å². The van der Waals surface area contributed by atoms with Crippen molar-refractivity contribution in [3.8, 4) is 10.4 Å². The predicted octanol–water partition coefficient (Wildman–Crippen LogP) is 4.82. The van der Waals surface area contributed by atoms with Crippen LogP contribution in [0.15, 0.2) is 33.8 Å². The van der Waals surface area contributed by atoms with E-state index in [4.69, 9.17) is 11.1 Å². The summed E-state index contributed by atoms with van der Waals surface area (Å²) in [4.78, 5) is 47.8. The van der Waals surface area contributed by atoms with Gasteiger partial charge in [-0.15, -0.1) is 23.1 Å². The molecule has 0 unspecified atom stereocenters. The number of thiophene rings is 1. The van der Waals surface area contributed by atoms with Gasteiger partial charge in [-0.05, 0) is 26.0 Å². The molecule has 3 aliphatic rings. The van der Waals surface area contributed by atoms with E-state index < -0.39 is 59.1 Å². The maximum atomic E-state index is 15.2. The van der Waals surface area contributed by atoms with Crippen LogP contribution in [0.1, 0.15) is 35.3 Å². The van der Waals surface area contributed by atoms with Crippen molar-refractivity contribution in [1.82, 2.24) is 19.4 Å². The molecule has 0 saturated carbocycles. The minimum atomic E-state index is -4.98. The number of likely N-dealkylation sites (tertiary alicyclic amines) is 1. The number of hydrogen-bond donors (Lipinski definition) is 2. The molecule has 10 nitrogen and oxygen atoms in total. The largest absolute Gasteiger partial charge is 0.417 e. The van der Waals surface area contributed by atoms with E-state index in [9.17, 15) is 27.6 Å². The summed E-state index contributed by atoms with van der Waals surface area (Å²) in [5.74, 6) is -1.32. The Morgan fingerprint density at radius 1 is 1.14 bits per heavy atom. The number of nitrogens with two attached hydrogens (primary N) is 1. The Morgan fingerprint density at radius 3 is 2.35 bits per heavy atom. The van der Waals surface area contributed by atoms with Crippen LogP contribution in [-0.2, 0) is 17.5 Å². The van der Waals surface area contributed by atoms with Gasteiger partial charge in [-0.1, -0.05) is 6.58 Å². The molecule has 2 aromatic heterocycles. The number of nitrogens with one attached hydrogen (secondary N) is 1. The summed E-state index contributed by atoms with van der Waals surface area (Å²) in [5.41, 5.74) is 2.28. The van der Waals surface area contributed by atoms with Gasteiger partial charge in [-0.25, -0.2) is 4.79 Å². The van der Waals surface area contributed by atoms with E-state index in [-0.39, 0.29) is 82.0 Å². The average molecular weight is 728 g/mol. The van der Waals surface area contributed by atoms with E-state index in [0.29, 0.717) is 0 Å². The van der Waals surface area contributed by atoms with E-state index in [1.165, 1.54) is 20.9 Å². The third-order valence-electron chi connectivity index (χ3n) is 9.14. The van der Waals surface area contributed by atoms with Gasteiger partial charge < -0.3 is 20.9 Å². The van der Waals surface area contributed by atoms with Crippen molar-refractivity contribution in [2.75, 3.05) is 43.4 Å². The molecule has 2 amide bonds. The number of benzene rings is 1. The molecule has 3 aromatic rings. The molecule has 2 fully saturated rings. The fourth-order valence-corrected chi connectivity index (χ4v) is 9.99. The summed E-state index contributed by atoms with van der Waals surface area (Å²) in [7, 11) is 0. The second-order valence-electron chi connectivity index (χ2n) is 12.8. The molecule has 2 saturated heterocycles. The van der Waals surface area contributed by atoms with E-state index >= 15 is 13.2 Å². The minimum absolute atomic E-state index is 0.00551. The van der Waals surface area contributed by atoms with Crippen molar-refractivity contribution < 1.29 is 35.9 Å². The Morgan fingerprint density at radius 2 is 1.80 bits per heavy atom. The van der Waals surface area contributed by atoms with Gasteiger partial charge in [-0.3, -0.25) is 19.1 Å². The van der Waals surface area contributed by atoms with Gasteiger partial charge in [0.25, 0.3) is 5.91 Å². The third-order valence-corrected chi connectivity index (χ3v) is 11.6. The number of hydrogen-bond acceptors (Lipinski definition) is 9. The highest BCUT2D eigenvalue weighted by Crippen LogP contribution is 2.53. The molecule has 18 heteroatoms. The smallest absolute Gasteiger partial charge is 0.366 e. The summed E-state index contributed by atoms with van der Waals surface area (Å²) >= 11 is 1.78. The first kappa shape index (κ1) is 34.9. The van der Waals surface area contributed by atoms with E-state index in [2.05, 4.69) is 11.6 Å². The van der Waals surface area contributed by atoms with Crippen LogP contribution in [0.3, 0.4) is 0 Å². The third kappa shape index (κ3) is 6.11. The first-order valence-electron chi connectivity index (χ1n) is 15.1. The van der Waals surface area contributed by atoms with E-state index in [1.807, 2.05) is 0 Å². The van der Waals surface area contributed by atoms with Crippen LogP contribution >= 0.6 is 23.1 Å². The number of primary amides is 1. The van der Waals surface area contributed by atoms with Gasteiger partial charge >= 0.3 is 18.0 Å². The summed E-state index contributed by atoms with van der Waals surface area (Å²) in [6, 6.07) is 0.0366. The van der Waals surface area contributed by atoms with Gasteiger partial charge in [0.2, 0.25) is 5.91 Å². The van der Waals surface area contributed by atoms with Crippen molar-refractivity contribution in [1.29, 1.82) is 5.41 Å². The first-order chi connectivity index (χ1) is 22.9. The van der Waals surface area contributed by atoms with Crippen LogP contribution in [0, 0.1) is 10.8 Å². The highest BCUT2D eigenvalue weighted by molar-refractivity contribution is 7.99. The minimum Gasteiger partial charge on any atom is -0.366 e. The van der Waals surface area contributed by atoms with Gasteiger partial charge in [-0.2, -0.15) is 31.3 Å². The van der Waals surface area contributed by atoms with Crippen LogP contribution in [-0.4, -0.2) is 94.1 Å². The second-order valence-corrected chi connectivity index (χ2v) is 14.7. The Kier molecular flexibility index (Phi) is 8.67. The normalized spacial score (nSPS) is 21.1. The second kappa shape index (κ2) is 12.2. The number of rotatable bonds is 6. The van der Waals surface area contributed by atoms with Gasteiger partial charge in [0.15, 0.2) is 0 Å². The van der Waals surface area contributed by atoms with Crippen LogP contribution in [0.4, 0.5) is 32.2 Å². The molecule has 3 N–H and O–H groups in total. The SMILES string of the molecule is C=CC(=O)N1[C@H](C)CN(c2nc(=O)n3c4c(c(-c5scc(C=N)c5C(N)=O)c(C(F)(F)F)cc24)SCC2(CN(CC(F)(F)F)C2)C3)C[C@@H]1C. The molecule has 262 valence electrons. The topological polar surface area (TPSA) is 129 Å². The maximum absolute atomic E-state index is 15.2. The molecule has 2 atom stereocenters. The van der Waals surface area contributed by atoms with E-state index in [1.54, 1.807) is 23.6 Å². The molecule has 6 rings (SSSR count). The summed E-state index contributed by atoms with van der Waals surface area (Å²) in [6.07, 6.45) is -7.46. The van der Waals surface area contributed by atoms with Gasteiger partial charge in [0.1, 0.15) is 5.82 Å². The van der Waals surface area contributed by atoms with Gasteiger partial charge in [0.05, 0.1) is 23.2 Å². The number of anilines is 1. The Labute approximate surface area is 284 Å². The first-order valence-corrected chi connectivity index (χ1v) is 17.0. The Balaban J connectivity index is 1.62. The molecule has 0 radical (unpaired) electrons. The average Bonchev–Trinajstić information content (AvgIpc) is 3.33. The number of thioether (sulfide) groups is 1. The lowest BCUT2D eigenvalue weighted by molar-refractivity contribution is -0.168. The summed E-state index contributed by atoms with van der Waals surface area (Å²) in [6.45, 7) is 5.97. The fourth-order valence-electron chi connectivity index (χ4n) is 7.39. The number of alkyl halides is 6. The van der Waals surface area contributed by atoms with Crippen molar-refractivity contribution in [2.24, 2.45) is 11.1 Å². The number of nitrogens with zero attached hydrogens (tertiary/aromatic N) is 5. The predicted molar refractivity (Wildman–Crippen MR) is 175 cm³/mol. The number of carbonyl (C=O) groups excluding carboxylic acids is 2. The van der Waals surface area contributed by atoms with Crippen molar-refractivity contribution in [2.45, 2.75) is 49.7 Å². The standard InChI is InChI=1S/C31H31F6N7O3S2/c1-4-20(45)44-15(2)7-42(8-16(44)3)27-18-5-19(31(35,36)37)22(24-21(26(39)46)17(6-38)9-48-24)25-23(18)43(28(47)40-27)12-29(14-49-25)10-41(11-29)13-30(32,33)34/h4-6,9,15-16,38H,1,7-8,10-14H2,2-3H3,(H2,39,46)/t15-,16+. The molecule has 0 aliphatic carbocycles. The lowest BCUT2D eigenvalue weighted by atomic mass is 9.81. The summed E-state index contributed by atoms with van der Waals surface area (Å²) < 4.78 is 86.4. The molecular weight excluding hydrogens is 697 g/mol. The molecule has 0 bridgehead atoms. The lowest BCUT2D eigenvalue weighted by Gasteiger charge is -2.50. The fraction of sp³-hybridized carbons (Fsp3) is 0.452. The van der Waals surface area contributed by atoms with Crippen LogP contribution in [0.25, 0.3) is 21.3 Å².